The van der Waals surface area contributed by atoms with Crippen LogP contribution in [0.3, 0.4) is 0 Å². The van der Waals surface area contributed by atoms with Crippen molar-refractivity contribution in [2.75, 3.05) is 16.8 Å². The van der Waals surface area contributed by atoms with Crippen molar-refractivity contribution in [3.8, 4) is 0 Å². The van der Waals surface area contributed by atoms with Crippen molar-refractivity contribution in [2.45, 2.75) is 13.3 Å². The third-order valence-corrected chi connectivity index (χ3v) is 2.93. The van der Waals surface area contributed by atoms with Crippen molar-refractivity contribution in [3.05, 3.63) is 36.5 Å². The molecule has 0 unspecified atom stereocenters. The molecule has 6 heteroatoms. The normalized spacial score (nSPS) is 10.1. The molecule has 2 aromatic rings. The van der Waals surface area contributed by atoms with E-state index in [1.54, 1.807) is 4.90 Å². The number of rotatable bonds is 4. The van der Waals surface area contributed by atoms with Crippen molar-refractivity contribution in [2.24, 2.45) is 0 Å². The van der Waals surface area contributed by atoms with Crippen LogP contribution in [0.2, 0.25) is 0 Å². The number of urea groups is 1. The quantitative estimate of drug-likeness (QED) is 0.921. The lowest BCUT2D eigenvalue weighted by atomic mass is 10.3. The number of nitrogens with zero attached hydrogens (tertiary/aromatic N) is 3. The summed E-state index contributed by atoms with van der Waals surface area (Å²) in [6, 6.07) is 9.44. The molecular weight excluding hydrogens is 248 g/mol. The second-order valence-electron chi connectivity index (χ2n) is 3.70. The van der Waals surface area contributed by atoms with Gasteiger partial charge in [-0.3, -0.25) is 10.2 Å². The summed E-state index contributed by atoms with van der Waals surface area (Å²) in [5.41, 5.74) is 0.884. The molecule has 18 heavy (non-hydrogen) atoms. The van der Waals surface area contributed by atoms with Gasteiger partial charge in [-0.15, -0.1) is 5.10 Å². The van der Waals surface area contributed by atoms with Crippen LogP contribution >= 0.6 is 11.5 Å². The molecule has 0 aliphatic heterocycles. The Morgan fingerprint density at radius 1 is 1.39 bits per heavy atom. The second kappa shape index (κ2) is 6.11. The predicted octanol–water partition coefficient (Wildman–Crippen LogP) is 2.99. The predicted molar refractivity (Wildman–Crippen MR) is 73.0 cm³/mol. The topological polar surface area (TPSA) is 58.1 Å². The molecule has 0 saturated heterocycles. The highest BCUT2D eigenvalue weighted by atomic mass is 32.1. The molecule has 1 aromatic heterocycles. The van der Waals surface area contributed by atoms with Crippen molar-refractivity contribution >= 4 is 28.3 Å². The summed E-state index contributed by atoms with van der Waals surface area (Å²) >= 11 is 1.16. The Bertz CT molecular complexity index is 486. The number of nitrogens with one attached hydrogen (secondary N) is 1. The Balaban J connectivity index is 2.12. The van der Waals surface area contributed by atoms with Crippen LogP contribution in [0.25, 0.3) is 0 Å². The second-order valence-corrected chi connectivity index (χ2v) is 4.48. The molecule has 0 aliphatic carbocycles. The zero-order valence-electron chi connectivity index (χ0n) is 10.0. The molecule has 2 rings (SSSR count). The highest BCUT2D eigenvalue weighted by Gasteiger charge is 2.15. The van der Waals surface area contributed by atoms with Gasteiger partial charge in [0, 0.05) is 23.8 Å². The van der Waals surface area contributed by atoms with Crippen LogP contribution in [-0.2, 0) is 0 Å². The fraction of sp³-hybridized carbons (Fsp3) is 0.250. The Morgan fingerprint density at radius 3 is 2.78 bits per heavy atom. The zero-order valence-corrected chi connectivity index (χ0v) is 10.9. The first-order chi connectivity index (χ1) is 8.81. The van der Waals surface area contributed by atoms with Gasteiger partial charge < -0.3 is 0 Å². The van der Waals surface area contributed by atoms with E-state index in [9.17, 15) is 4.79 Å². The summed E-state index contributed by atoms with van der Waals surface area (Å²) in [5, 5.41) is 7.12. The van der Waals surface area contributed by atoms with Gasteiger partial charge in [0.1, 0.15) is 5.00 Å². The van der Waals surface area contributed by atoms with E-state index in [0.717, 1.165) is 23.6 Å². The van der Waals surface area contributed by atoms with Crippen LogP contribution in [0.15, 0.2) is 36.5 Å². The Kier molecular flexibility index (Phi) is 4.25. The van der Waals surface area contributed by atoms with E-state index >= 15 is 0 Å². The first-order valence-electron chi connectivity index (χ1n) is 5.72. The molecule has 0 atom stereocenters. The number of para-hydroxylation sites is 1. The highest BCUT2D eigenvalue weighted by molar-refractivity contribution is 7.10. The monoisotopic (exact) mass is 262 g/mol. The number of benzene rings is 1. The number of aromatic nitrogens is 2. The minimum absolute atomic E-state index is 0.158. The Labute approximate surface area is 110 Å². The van der Waals surface area contributed by atoms with Crippen LogP contribution in [0.1, 0.15) is 13.3 Å². The van der Waals surface area contributed by atoms with E-state index in [1.165, 1.54) is 6.20 Å². The molecule has 94 valence electrons. The fourth-order valence-corrected chi connectivity index (χ4v) is 1.98. The molecule has 1 N–H and O–H groups in total. The smallest absolute Gasteiger partial charge is 0.296 e. The average molecular weight is 262 g/mol. The van der Waals surface area contributed by atoms with Crippen LogP contribution in [-0.4, -0.2) is 22.2 Å². The van der Waals surface area contributed by atoms with Gasteiger partial charge in [-0.25, -0.2) is 4.79 Å². The largest absolute Gasteiger partial charge is 0.327 e. The SMILES string of the molecule is CCCN(C(=O)Nc1cnns1)c1ccccc1. The minimum atomic E-state index is -0.158. The van der Waals surface area contributed by atoms with Crippen LogP contribution in [0.4, 0.5) is 15.5 Å². The Morgan fingerprint density at radius 2 is 2.17 bits per heavy atom. The summed E-state index contributed by atoms with van der Waals surface area (Å²) in [6.45, 7) is 2.71. The van der Waals surface area contributed by atoms with Crippen molar-refractivity contribution < 1.29 is 4.79 Å². The molecular formula is C12H14N4OS. The van der Waals surface area contributed by atoms with Gasteiger partial charge in [0.2, 0.25) is 0 Å². The lowest BCUT2D eigenvalue weighted by molar-refractivity contribution is 0.257. The van der Waals surface area contributed by atoms with E-state index in [4.69, 9.17) is 0 Å². The molecule has 1 heterocycles. The molecule has 0 bridgehead atoms. The first kappa shape index (κ1) is 12.5. The Hall–Kier alpha value is -1.95. The maximum absolute atomic E-state index is 12.2. The maximum atomic E-state index is 12.2. The molecule has 2 amide bonds. The van der Waals surface area contributed by atoms with E-state index in [2.05, 4.69) is 14.9 Å². The standard InChI is InChI=1S/C12H14N4OS/c1-2-8-16(10-6-4-3-5-7-10)12(17)14-11-9-13-15-18-11/h3-7,9H,2,8H2,1H3,(H,14,17). The molecule has 0 aliphatic rings. The number of carbonyl (C=O) groups excluding carboxylic acids is 1. The minimum Gasteiger partial charge on any atom is -0.296 e. The number of anilines is 2. The van der Waals surface area contributed by atoms with Crippen molar-refractivity contribution in [1.29, 1.82) is 0 Å². The van der Waals surface area contributed by atoms with Gasteiger partial charge in [-0.2, -0.15) is 0 Å². The van der Waals surface area contributed by atoms with Crippen LogP contribution in [0.5, 0.6) is 0 Å². The third-order valence-electron chi connectivity index (χ3n) is 2.35. The number of carbonyl (C=O) groups is 1. The number of hydrogen-bond acceptors (Lipinski definition) is 4. The van der Waals surface area contributed by atoms with E-state index in [0.29, 0.717) is 11.5 Å². The van der Waals surface area contributed by atoms with Gasteiger partial charge in [-0.05, 0) is 18.6 Å². The maximum Gasteiger partial charge on any atom is 0.327 e. The molecule has 0 fully saturated rings. The lowest BCUT2D eigenvalue weighted by Crippen LogP contribution is -2.35. The van der Waals surface area contributed by atoms with E-state index < -0.39 is 0 Å². The van der Waals surface area contributed by atoms with Crippen molar-refractivity contribution in [1.82, 2.24) is 9.59 Å². The molecule has 5 nitrogen and oxygen atoms in total. The molecule has 0 radical (unpaired) electrons. The highest BCUT2D eigenvalue weighted by Crippen LogP contribution is 2.17. The van der Waals surface area contributed by atoms with Crippen LogP contribution in [0, 0.1) is 0 Å². The first-order valence-corrected chi connectivity index (χ1v) is 6.49. The molecule has 0 saturated carbocycles. The van der Waals surface area contributed by atoms with Gasteiger partial charge in [0.05, 0.1) is 6.20 Å². The van der Waals surface area contributed by atoms with Gasteiger partial charge in [0.25, 0.3) is 0 Å². The number of hydrogen-bond donors (Lipinski definition) is 1. The van der Waals surface area contributed by atoms with Gasteiger partial charge >= 0.3 is 6.03 Å². The van der Waals surface area contributed by atoms with E-state index in [-0.39, 0.29) is 6.03 Å². The fourth-order valence-electron chi connectivity index (χ4n) is 1.57. The van der Waals surface area contributed by atoms with E-state index in [1.807, 2.05) is 37.3 Å². The summed E-state index contributed by atoms with van der Waals surface area (Å²) in [7, 11) is 0. The van der Waals surface area contributed by atoms with Crippen molar-refractivity contribution in [3.63, 3.8) is 0 Å². The van der Waals surface area contributed by atoms with Gasteiger partial charge in [-0.1, -0.05) is 29.6 Å². The summed E-state index contributed by atoms with van der Waals surface area (Å²) < 4.78 is 3.71. The summed E-state index contributed by atoms with van der Waals surface area (Å²) in [4.78, 5) is 13.9. The summed E-state index contributed by atoms with van der Waals surface area (Å²) in [5.74, 6) is 0. The number of amides is 2. The molecule has 0 spiro atoms. The molecule has 1 aromatic carbocycles. The van der Waals surface area contributed by atoms with Crippen LogP contribution < -0.4 is 10.2 Å². The van der Waals surface area contributed by atoms with Gasteiger partial charge in [0.15, 0.2) is 0 Å². The lowest BCUT2D eigenvalue weighted by Gasteiger charge is -2.21. The third kappa shape index (κ3) is 3.04. The summed E-state index contributed by atoms with van der Waals surface area (Å²) in [6.07, 6.45) is 2.43. The zero-order chi connectivity index (χ0) is 12.8. The average Bonchev–Trinajstić information content (AvgIpc) is 2.89.